The predicted octanol–water partition coefficient (Wildman–Crippen LogP) is 2.84. The summed E-state index contributed by atoms with van der Waals surface area (Å²) < 4.78 is 28.9. The Morgan fingerprint density at radius 1 is 1.22 bits per heavy atom. The molecule has 0 amide bonds. The highest BCUT2D eigenvalue weighted by molar-refractivity contribution is 6.05. The van der Waals surface area contributed by atoms with Crippen LogP contribution >= 0.6 is 0 Å². The van der Waals surface area contributed by atoms with Crippen LogP contribution in [0, 0.1) is 6.92 Å². The molecule has 1 saturated heterocycles. The number of aliphatic hydroxyl groups is 2. The third-order valence-electron chi connectivity index (χ3n) is 6.14. The first kappa shape index (κ1) is 27.4. The molecule has 1 aliphatic heterocycles. The van der Waals surface area contributed by atoms with Crippen molar-refractivity contribution < 1.29 is 38.4 Å². The van der Waals surface area contributed by atoms with Gasteiger partial charge in [0.05, 0.1) is 11.1 Å². The van der Waals surface area contributed by atoms with E-state index in [1.165, 1.54) is 14.2 Å². The maximum Gasteiger partial charge on any atom is 0.349 e. The molecule has 196 valence electrons. The Morgan fingerprint density at radius 3 is 2.56 bits per heavy atom. The maximum absolute atomic E-state index is 12.9. The molecule has 1 fully saturated rings. The van der Waals surface area contributed by atoms with Crippen LogP contribution in [0.5, 0.6) is 11.5 Å². The molecule has 5 atom stereocenters. The van der Waals surface area contributed by atoms with E-state index in [1.807, 2.05) is 0 Å². The molecule has 36 heavy (non-hydrogen) atoms. The largest absolute Gasteiger partial charge is 0.488 e. The topological polar surface area (TPSA) is 129 Å². The molecule has 0 radical (unpaired) electrons. The summed E-state index contributed by atoms with van der Waals surface area (Å²) in [5, 5.41) is 25.7. The van der Waals surface area contributed by atoms with Gasteiger partial charge < -0.3 is 38.4 Å². The Balaban J connectivity index is 2.08. The number of oxime groups is 1. The first-order valence-corrected chi connectivity index (χ1v) is 11.4. The van der Waals surface area contributed by atoms with E-state index in [4.69, 9.17) is 28.2 Å². The van der Waals surface area contributed by atoms with Gasteiger partial charge in [-0.3, -0.25) is 0 Å². The molecule has 0 bridgehead atoms. The molecule has 0 spiro atoms. The molecule has 2 aromatic rings. The lowest BCUT2D eigenvalue weighted by atomic mass is 9.85. The quantitative estimate of drug-likeness (QED) is 0.218. The minimum atomic E-state index is -1.41. The molecular formula is C26H33NO9. The van der Waals surface area contributed by atoms with E-state index in [1.54, 1.807) is 45.1 Å². The number of fused-ring (bicyclic) bond motifs is 1. The molecule has 10 heteroatoms. The van der Waals surface area contributed by atoms with Gasteiger partial charge in [0.15, 0.2) is 0 Å². The summed E-state index contributed by atoms with van der Waals surface area (Å²) in [4.78, 5) is 17.8. The number of nitrogens with zero attached hydrogens (tertiary/aromatic N) is 1. The van der Waals surface area contributed by atoms with Gasteiger partial charge in [-0.05, 0) is 39.3 Å². The lowest BCUT2D eigenvalue weighted by Crippen LogP contribution is -2.64. The van der Waals surface area contributed by atoms with Crippen molar-refractivity contribution in [3.63, 3.8) is 0 Å². The summed E-state index contributed by atoms with van der Waals surface area (Å²) in [6.07, 6.45) is -1.18. The van der Waals surface area contributed by atoms with Gasteiger partial charge in [-0.2, -0.15) is 0 Å². The molecule has 3 rings (SSSR count). The van der Waals surface area contributed by atoms with Crippen molar-refractivity contribution in [1.82, 2.24) is 0 Å². The summed E-state index contributed by atoms with van der Waals surface area (Å²) >= 11 is 0. The lowest BCUT2D eigenvalue weighted by Gasteiger charge is -2.48. The van der Waals surface area contributed by atoms with Crippen molar-refractivity contribution in [2.75, 3.05) is 20.8 Å². The highest BCUT2D eigenvalue weighted by Crippen LogP contribution is 2.38. The fraction of sp³-hybridized carbons (Fsp3) is 0.462. The van der Waals surface area contributed by atoms with Crippen LogP contribution in [0.1, 0.15) is 31.4 Å². The number of ether oxygens (including phenoxy) is 4. The standard InChI is InChI=1S/C26H33NO9/c1-8-12-26(5)23(31-6)19(28)20(29)25(36-26)34-17-11-10-16-21(14(17)3)35-24(30)18(15(4)27-32-7)22(16)33-13-9-2/h8-11,19-20,23,25,28-29H,1-2,12-13H2,3-7H3/t19-,20+,23+,25?,26-/m0/s1. The summed E-state index contributed by atoms with van der Waals surface area (Å²) in [5.74, 6) is 0.545. The number of benzene rings is 1. The van der Waals surface area contributed by atoms with E-state index in [2.05, 4.69) is 18.3 Å². The van der Waals surface area contributed by atoms with Gasteiger partial charge in [-0.25, -0.2) is 4.79 Å². The summed E-state index contributed by atoms with van der Waals surface area (Å²) in [5.41, 5.74) is -0.585. The van der Waals surface area contributed by atoms with Crippen LogP contribution in [0.25, 0.3) is 11.0 Å². The molecule has 1 aromatic carbocycles. The second-order valence-electron chi connectivity index (χ2n) is 8.67. The van der Waals surface area contributed by atoms with Gasteiger partial charge in [0.25, 0.3) is 0 Å². The van der Waals surface area contributed by atoms with Crippen molar-refractivity contribution in [2.45, 2.75) is 57.4 Å². The number of aryl methyl sites for hydroxylation is 1. The van der Waals surface area contributed by atoms with E-state index >= 15 is 0 Å². The molecule has 0 aliphatic carbocycles. The Bertz CT molecular complexity index is 1200. The first-order valence-electron chi connectivity index (χ1n) is 11.4. The van der Waals surface area contributed by atoms with Crippen molar-refractivity contribution >= 4 is 16.7 Å². The van der Waals surface area contributed by atoms with E-state index in [0.717, 1.165) is 0 Å². The second kappa shape index (κ2) is 11.3. The Morgan fingerprint density at radius 2 is 1.94 bits per heavy atom. The predicted molar refractivity (Wildman–Crippen MR) is 134 cm³/mol. The Hall–Kier alpha value is -3.18. The van der Waals surface area contributed by atoms with Crippen LogP contribution in [0.4, 0.5) is 0 Å². The molecule has 1 aromatic heterocycles. The van der Waals surface area contributed by atoms with E-state index < -0.39 is 35.8 Å². The highest BCUT2D eigenvalue weighted by Gasteiger charge is 2.52. The monoisotopic (exact) mass is 503 g/mol. The third-order valence-corrected chi connectivity index (χ3v) is 6.14. The second-order valence-corrected chi connectivity index (χ2v) is 8.67. The number of aliphatic hydroxyl groups excluding tert-OH is 2. The molecule has 10 nitrogen and oxygen atoms in total. The Kier molecular flexibility index (Phi) is 8.57. The average Bonchev–Trinajstić information content (AvgIpc) is 2.83. The molecule has 1 aliphatic rings. The lowest BCUT2D eigenvalue weighted by molar-refractivity contribution is -0.310. The highest BCUT2D eigenvalue weighted by atomic mass is 16.7. The summed E-state index contributed by atoms with van der Waals surface area (Å²) in [6, 6.07) is 3.30. The minimum Gasteiger partial charge on any atom is -0.488 e. The van der Waals surface area contributed by atoms with E-state index in [-0.39, 0.29) is 35.0 Å². The van der Waals surface area contributed by atoms with Gasteiger partial charge in [-0.15, -0.1) is 6.58 Å². The number of methoxy groups -OCH3 is 1. The number of rotatable bonds is 10. The molecule has 2 heterocycles. The van der Waals surface area contributed by atoms with Crippen LogP contribution in [0.15, 0.2) is 51.8 Å². The van der Waals surface area contributed by atoms with Gasteiger partial charge >= 0.3 is 5.63 Å². The third kappa shape index (κ3) is 5.03. The zero-order valence-electron chi connectivity index (χ0n) is 21.1. The van der Waals surface area contributed by atoms with E-state index in [0.29, 0.717) is 17.4 Å². The van der Waals surface area contributed by atoms with Crippen molar-refractivity contribution in [2.24, 2.45) is 5.16 Å². The van der Waals surface area contributed by atoms with Crippen LogP contribution < -0.4 is 15.1 Å². The minimum absolute atomic E-state index is 0.124. The van der Waals surface area contributed by atoms with E-state index in [9.17, 15) is 15.0 Å². The van der Waals surface area contributed by atoms with Gasteiger partial charge in [0, 0.05) is 12.7 Å². The number of hydrogen-bond donors (Lipinski definition) is 2. The Labute approximate surface area is 209 Å². The normalized spacial score (nSPS) is 26.5. The van der Waals surface area contributed by atoms with Crippen LogP contribution in [0.2, 0.25) is 0 Å². The van der Waals surface area contributed by atoms with Crippen molar-refractivity contribution in [3.8, 4) is 11.5 Å². The first-order chi connectivity index (χ1) is 17.1. The van der Waals surface area contributed by atoms with Crippen molar-refractivity contribution in [3.05, 3.63) is 59.0 Å². The zero-order valence-corrected chi connectivity index (χ0v) is 21.1. The smallest absolute Gasteiger partial charge is 0.349 e. The average molecular weight is 504 g/mol. The molecule has 0 saturated carbocycles. The van der Waals surface area contributed by atoms with Crippen LogP contribution in [-0.4, -0.2) is 67.0 Å². The van der Waals surface area contributed by atoms with Crippen molar-refractivity contribution in [1.29, 1.82) is 0 Å². The molecule has 2 N–H and O–H groups in total. The van der Waals surface area contributed by atoms with Crippen LogP contribution in [0.3, 0.4) is 0 Å². The van der Waals surface area contributed by atoms with Gasteiger partial charge in [-0.1, -0.05) is 23.9 Å². The van der Waals surface area contributed by atoms with Crippen LogP contribution in [-0.2, 0) is 14.3 Å². The fourth-order valence-corrected chi connectivity index (χ4v) is 4.43. The summed E-state index contributed by atoms with van der Waals surface area (Å²) in [6.45, 7) is 12.6. The fourth-order valence-electron chi connectivity index (χ4n) is 4.43. The SMILES string of the molecule is C=CCOc1c(C(C)=NOC)c(=O)oc2c(C)c(OC3O[C@@](C)(CC=C)[C@H](OC)[C@@H](O)[C@H]3O)ccc12. The number of hydrogen-bond acceptors (Lipinski definition) is 10. The van der Waals surface area contributed by atoms with Gasteiger partial charge in [0.2, 0.25) is 6.29 Å². The zero-order chi connectivity index (χ0) is 26.6. The van der Waals surface area contributed by atoms with Gasteiger partial charge in [0.1, 0.15) is 60.3 Å². The molecule has 1 unspecified atom stereocenters. The molecular weight excluding hydrogens is 470 g/mol. The maximum atomic E-state index is 12.9. The summed E-state index contributed by atoms with van der Waals surface area (Å²) in [7, 11) is 2.80.